The lowest BCUT2D eigenvalue weighted by Crippen LogP contribution is -2.90. The number of carbonyl (C=O) groups is 5. The highest BCUT2D eigenvalue weighted by Crippen LogP contribution is 2.63. The molecule has 11 heteroatoms. The molecule has 4 aliphatic rings. The van der Waals surface area contributed by atoms with Crippen molar-refractivity contribution in [3.8, 4) is 5.75 Å². The van der Waals surface area contributed by atoms with Gasteiger partial charge in [0, 0.05) is 6.08 Å². The Balaban J connectivity index is 0.00000102. The van der Waals surface area contributed by atoms with E-state index >= 15 is 0 Å². The highest BCUT2D eigenvalue weighted by atomic mass is 16.5. The lowest BCUT2D eigenvalue weighted by molar-refractivity contribution is -0.209. The van der Waals surface area contributed by atoms with Crippen molar-refractivity contribution < 1.29 is 33.4 Å². The van der Waals surface area contributed by atoms with Crippen LogP contribution in [0.2, 0.25) is 0 Å². The minimum absolute atomic E-state index is 0.0218. The molecule has 4 unspecified atom stereocenters. The van der Waals surface area contributed by atoms with Gasteiger partial charge in [-0.15, -0.1) is 6.58 Å². The molecule has 4 atom stereocenters. The molecule has 0 aromatic heterocycles. The number of imide groups is 2. The molecule has 4 fully saturated rings. The number of ether oxygens (including phenoxy) is 2. The van der Waals surface area contributed by atoms with Gasteiger partial charge in [-0.1, -0.05) is 18.2 Å². The molecule has 11 nitrogen and oxygen atoms in total. The van der Waals surface area contributed by atoms with Crippen LogP contribution in [0.5, 0.6) is 5.75 Å². The van der Waals surface area contributed by atoms with E-state index in [1.165, 1.54) is 15.9 Å². The van der Waals surface area contributed by atoms with Crippen LogP contribution in [0.25, 0.3) is 6.08 Å². The number of rotatable bonds is 4. The minimum Gasteiger partial charge on any atom is -0.497 e. The Morgan fingerprint density at radius 3 is 1.86 bits per heavy atom. The number of urea groups is 2. The van der Waals surface area contributed by atoms with E-state index in [1.54, 1.807) is 57.4 Å². The van der Waals surface area contributed by atoms with Crippen molar-refractivity contribution in [3.05, 3.63) is 48.6 Å². The van der Waals surface area contributed by atoms with Gasteiger partial charge < -0.3 is 19.3 Å². The molecule has 1 aromatic carbocycles. The monoisotopic (exact) mass is 510 g/mol. The zero-order valence-corrected chi connectivity index (χ0v) is 21.1. The molecule has 0 radical (unpaired) electrons. The quantitative estimate of drug-likeness (QED) is 0.358. The first-order valence-corrected chi connectivity index (χ1v) is 11.9. The molecule has 3 aliphatic heterocycles. The Morgan fingerprint density at radius 2 is 1.43 bits per heavy atom. The van der Waals surface area contributed by atoms with Crippen molar-refractivity contribution in [2.24, 2.45) is 10.8 Å². The molecule has 0 spiro atoms. The summed E-state index contributed by atoms with van der Waals surface area (Å²) in [5, 5.41) is 4.65. The van der Waals surface area contributed by atoms with Gasteiger partial charge >= 0.3 is 18.0 Å². The summed E-state index contributed by atoms with van der Waals surface area (Å²) in [6, 6.07) is 4.39. The fraction of sp³-hybridized carbons (Fsp3) is 0.423. The van der Waals surface area contributed by atoms with E-state index < -0.39 is 58.9 Å². The summed E-state index contributed by atoms with van der Waals surface area (Å²) < 4.78 is 10.7. The number of esters is 1. The number of benzene rings is 1. The molecule has 0 bridgehead atoms. The number of carbonyl (C=O) groups excluding carboxylic acids is 5. The number of amides is 6. The van der Waals surface area contributed by atoms with Gasteiger partial charge in [0.1, 0.15) is 11.9 Å². The van der Waals surface area contributed by atoms with Crippen molar-refractivity contribution in [1.29, 1.82) is 0 Å². The van der Waals surface area contributed by atoms with E-state index in [-0.39, 0.29) is 13.1 Å². The summed E-state index contributed by atoms with van der Waals surface area (Å²) in [7, 11) is 1.56. The van der Waals surface area contributed by atoms with Crippen LogP contribution < -0.4 is 15.4 Å². The number of hydrogen-bond donors (Lipinski definition) is 2. The van der Waals surface area contributed by atoms with Crippen molar-refractivity contribution in [3.63, 3.8) is 0 Å². The summed E-state index contributed by atoms with van der Waals surface area (Å²) in [6.45, 7) is 8.46. The first-order chi connectivity index (χ1) is 17.5. The maximum absolute atomic E-state index is 12.8. The van der Waals surface area contributed by atoms with Crippen LogP contribution in [-0.4, -0.2) is 78.0 Å². The van der Waals surface area contributed by atoms with Crippen LogP contribution in [0.1, 0.15) is 26.3 Å². The van der Waals surface area contributed by atoms with Gasteiger partial charge in [0.25, 0.3) is 0 Å². The Labute approximate surface area is 214 Å². The minimum atomic E-state index is -1.23. The lowest BCUT2D eigenvalue weighted by atomic mass is 9.42. The summed E-state index contributed by atoms with van der Waals surface area (Å²) in [5.41, 5.74) is -1.71. The molecule has 37 heavy (non-hydrogen) atoms. The number of hydrogen-bond acceptors (Lipinski definition) is 7. The fourth-order valence-corrected chi connectivity index (χ4v) is 5.75. The highest BCUT2D eigenvalue weighted by molar-refractivity contribution is 6.11. The zero-order valence-electron chi connectivity index (χ0n) is 21.1. The molecule has 196 valence electrons. The Kier molecular flexibility index (Phi) is 6.57. The number of nitrogens with one attached hydrogen (secondary N) is 2. The first-order valence-electron chi connectivity index (χ1n) is 11.9. The van der Waals surface area contributed by atoms with E-state index in [4.69, 9.17) is 9.47 Å². The average Bonchev–Trinajstić information content (AvgIpc) is 3.03. The van der Waals surface area contributed by atoms with Crippen LogP contribution in [-0.2, 0) is 19.1 Å². The predicted molar refractivity (Wildman–Crippen MR) is 132 cm³/mol. The van der Waals surface area contributed by atoms with E-state index in [9.17, 15) is 24.0 Å². The van der Waals surface area contributed by atoms with E-state index in [1.807, 2.05) is 6.92 Å². The molecule has 5 rings (SSSR count). The van der Waals surface area contributed by atoms with Crippen LogP contribution >= 0.6 is 0 Å². The number of methoxy groups -OCH3 is 1. The topological polar surface area (TPSA) is 134 Å². The first kappa shape index (κ1) is 25.9. The summed E-state index contributed by atoms with van der Waals surface area (Å²) in [5.74, 6) is -1.08. The van der Waals surface area contributed by atoms with E-state index in [2.05, 4.69) is 17.2 Å². The molecular formula is C26H30N4O7. The second-order valence-electron chi connectivity index (χ2n) is 9.69. The van der Waals surface area contributed by atoms with Gasteiger partial charge in [0.15, 0.2) is 0 Å². The van der Waals surface area contributed by atoms with Gasteiger partial charge in [-0.25, -0.2) is 14.4 Å². The summed E-state index contributed by atoms with van der Waals surface area (Å²) >= 11 is 0. The third-order valence-electron chi connectivity index (χ3n) is 7.75. The van der Waals surface area contributed by atoms with Gasteiger partial charge in [-0.2, -0.15) is 0 Å². The van der Waals surface area contributed by atoms with E-state index in [0.717, 1.165) is 5.56 Å². The molecule has 1 saturated carbocycles. The van der Waals surface area contributed by atoms with Gasteiger partial charge in [-0.05, 0) is 44.5 Å². The molecule has 1 aromatic rings. The SMILES string of the molecule is C=CC.COc1ccc(/C=C/C(=O)OC2CN3C(=O)NC(=O)C4(C)C3C3N(C2)C(=O)NC(=O)C34C)cc1. The Hall–Kier alpha value is -4.15. The third-order valence-corrected chi connectivity index (χ3v) is 7.75. The van der Waals surface area contributed by atoms with Crippen LogP contribution in [0, 0.1) is 10.8 Å². The number of nitrogens with zero attached hydrogens (tertiary/aromatic N) is 2. The standard InChI is InChI=1S/C23H24N4O7.C3H6/c1-22-16-17-23(22,2)19(30)25-21(32)27(17)11-14(10-26(16)20(31)24-18(22)29)34-15(28)9-6-12-4-7-13(33-3)8-5-12;1-3-2/h4-9,14,16-17H,10-11H2,1-3H3,(H,24,29,31)(H,25,30,32);3H,1H2,2H3/b9-6+;. The summed E-state index contributed by atoms with van der Waals surface area (Å²) in [6.07, 6.45) is 3.73. The fourth-order valence-electron chi connectivity index (χ4n) is 5.75. The predicted octanol–water partition coefficient (Wildman–Crippen LogP) is 1.69. The average molecular weight is 511 g/mol. The third kappa shape index (κ3) is 3.85. The van der Waals surface area contributed by atoms with Gasteiger partial charge in [0.05, 0.1) is 43.1 Å². The summed E-state index contributed by atoms with van der Waals surface area (Å²) in [4.78, 5) is 66.5. The smallest absolute Gasteiger partial charge is 0.331 e. The van der Waals surface area contributed by atoms with Crippen molar-refractivity contribution in [2.45, 2.75) is 39.0 Å². The van der Waals surface area contributed by atoms with E-state index in [0.29, 0.717) is 5.75 Å². The second-order valence-corrected chi connectivity index (χ2v) is 9.69. The number of allylic oxidation sites excluding steroid dienone is 1. The number of fused-ring (bicyclic) bond motifs is 1. The van der Waals surface area contributed by atoms with Crippen LogP contribution in [0.3, 0.4) is 0 Å². The van der Waals surface area contributed by atoms with Gasteiger partial charge in [0.2, 0.25) is 11.8 Å². The van der Waals surface area contributed by atoms with Crippen molar-refractivity contribution >= 4 is 35.9 Å². The molecule has 2 N–H and O–H groups in total. The molecule has 6 amide bonds. The molecular weight excluding hydrogens is 480 g/mol. The molecule has 3 saturated heterocycles. The van der Waals surface area contributed by atoms with Crippen molar-refractivity contribution in [1.82, 2.24) is 20.4 Å². The largest absolute Gasteiger partial charge is 0.497 e. The molecule has 3 heterocycles. The van der Waals surface area contributed by atoms with Crippen LogP contribution in [0.15, 0.2) is 43.0 Å². The second kappa shape index (κ2) is 9.38. The Morgan fingerprint density at radius 1 is 0.973 bits per heavy atom. The van der Waals surface area contributed by atoms with Crippen LogP contribution in [0.4, 0.5) is 9.59 Å². The maximum Gasteiger partial charge on any atom is 0.331 e. The lowest BCUT2D eigenvalue weighted by Gasteiger charge is -2.70. The van der Waals surface area contributed by atoms with Gasteiger partial charge in [-0.3, -0.25) is 20.2 Å². The zero-order chi connectivity index (χ0) is 27.1. The highest BCUT2D eigenvalue weighted by Gasteiger charge is 2.81. The van der Waals surface area contributed by atoms with Crippen molar-refractivity contribution in [2.75, 3.05) is 20.2 Å². The molecule has 1 aliphatic carbocycles. The Bertz CT molecular complexity index is 1140. The maximum atomic E-state index is 12.8. The normalized spacial score (nSPS) is 31.6.